The first-order valence-electron chi connectivity index (χ1n) is 10.8. The lowest BCUT2D eigenvalue weighted by Crippen LogP contribution is -2.34. The van der Waals surface area contributed by atoms with Crippen molar-refractivity contribution in [3.8, 4) is 0 Å². The maximum Gasteiger partial charge on any atom is 0.253 e. The normalized spacial score (nSPS) is 19.4. The molecule has 152 valence electrons. The van der Waals surface area contributed by atoms with Crippen molar-refractivity contribution in [1.82, 2.24) is 30.1 Å². The van der Waals surface area contributed by atoms with Gasteiger partial charge in [0, 0.05) is 16.5 Å². The average Bonchev–Trinajstić information content (AvgIpc) is 3.45. The summed E-state index contributed by atoms with van der Waals surface area (Å²) in [6.45, 7) is 6.09. The van der Waals surface area contributed by atoms with Crippen molar-refractivity contribution < 1.29 is 0 Å². The largest absolute Gasteiger partial charge is 0.322 e. The summed E-state index contributed by atoms with van der Waals surface area (Å²) in [4.78, 5) is 18.7. The van der Waals surface area contributed by atoms with Gasteiger partial charge in [-0.2, -0.15) is 0 Å². The van der Waals surface area contributed by atoms with Crippen molar-refractivity contribution >= 4 is 10.9 Å². The number of nitrogens with zero attached hydrogens (tertiary/aromatic N) is 5. The minimum atomic E-state index is -0.207. The summed E-state index contributed by atoms with van der Waals surface area (Å²) in [6, 6.07) is 6.41. The van der Waals surface area contributed by atoms with Crippen LogP contribution in [0.25, 0.3) is 10.9 Å². The molecule has 7 heteroatoms. The summed E-state index contributed by atoms with van der Waals surface area (Å²) in [5.74, 6) is 0.813. The standard InChI is InChI=1S/C22H28N6O/c1-14-11-15(2)17-13-18(22(29)23-19(17)12-14)20(27-9-5-6-10-27)21-24-25-26-28(21)16-7-3-4-8-16/h11-13,16,20H,3-10H2,1-2H3,(H,23,29)/t20-/m1/s1. The highest BCUT2D eigenvalue weighted by atomic mass is 16.1. The van der Waals surface area contributed by atoms with Gasteiger partial charge in [-0.1, -0.05) is 18.9 Å². The van der Waals surface area contributed by atoms with E-state index >= 15 is 0 Å². The Morgan fingerprint density at radius 2 is 1.83 bits per heavy atom. The summed E-state index contributed by atoms with van der Waals surface area (Å²) in [5, 5.41) is 13.9. The van der Waals surface area contributed by atoms with E-state index in [0.717, 1.165) is 66.6 Å². The van der Waals surface area contributed by atoms with Crippen LogP contribution in [0.4, 0.5) is 0 Å². The molecule has 29 heavy (non-hydrogen) atoms. The fourth-order valence-electron chi connectivity index (χ4n) is 5.18. The molecule has 2 aromatic heterocycles. The van der Waals surface area contributed by atoms with E-state index in [1.54, 1.807) is 0 Å². The minimum absolute atomic E-state index is 0.0413. The number of likely N-dealkylation sites (tertiary alicyclic amines) is 1. The number of H-pyrrole nitrogens is 1. The number of pyridine rings is 1. The zero-order valence-electron chi connectivity index (χ0n) is 17.2. The molecule has 1 aromatic carbocycles. The summed E-state index contributed by atoms with van der Waals surface area (Å²) < 4.78 is 2.00. The van der Waals surface area contributed by atoms with E-state index in [2.05, 4.69) is 51.4 Å². The zero-order valence-corrected chi connectivity index (χ0v) is 17.2. The molecule has 1 N–H and O–H groups in total. The van der Waals surface area contributed by atoms with Gasteiger partial charge in [0.1, 0.15) is 6.04 Å². The molecule has 0 amide bonds. The predicted molar refractivity (Wildman–Crippen MR) is 112 cm³/mol. The number of fused-ring (bicyclic) bond motifs is 1. The highest BCUT2D eigenvalue weighted by Gasteiger charge is 2.34. The topological polar surface area (TPSA) is 79.7 Å². The zero-order chi connectivity index (χ0) is 20.0. The number of aromatic amines is 1. The first-order valence-corrected chi connectivity index (χ1v) is 10.8. The Bertz CT molecular complexity index is 1090. The molecular formula is C22H28N6O. The van der Waals surface area contributed by atoms with Crippen LogP contribution < -0.4 is 5.56 Å². The van der Waals surface area contributed by atoms with Crippen LogP contribution in [0.5, 0.6) is 0 Å². The fourth-order valence-corrected chi connectivity index (χ4v) is 5.18. The van der Waals surface area contributed by atoms with Gasteiger partial charge in [0.2, 0.25) is 0 Å². The van der Waals surface area contributed by atoms with Crippen LogP contribution in [-0.2, 0) is 0 Å². The van der Waals surface area contributed by atoms with Gasteiger partial charge in [-0.15, -0.1) is 5.10 Å². The van der Waals surface area contributed by atoms with Gasteiger partial charge in [-0.25, -0.2) is 4.68 Å². The lowest BCUT2D eigenvalue weighted by Gasteiger charge is -2.27. The number of nitrogens with one attached hydrogen (secondary N) is 1. The molecule has 1 saturated carbocycles. The van der Waals surface area contributed by atoms with Crippen molar-refractivity contribution in [3.05, 3.63) is 51.1 Å². The van der Waals surface area contributed by atoms with Gasteiger partial charge in [0.05, 0.1) is 6.04 Å². The number of hydrogen-bond donors (Lipinski definition) is 1. The second kappa shape index (κ2) is 7.37. The third-order valence-electron chi connectivity index (χ3n) is 6.58. The van der Waals surface area contributed by atoms with Gasteiger partial charge in [-0.05, 0) is 86.3 Å². The van der Waals surface area contributed by atoms with Crippen LogP contribution in [-0.4, -0.2) is 43.2 Å². The van der Waals surface area contributed by atoms with E-state index in [1.165, 1.54) is 18.4 Å². The Hall–Kier alpha value is -2.54. The Balaban J connectivity index is 1.68. The molecule has 0 spiro atoms. The van der Waals surface area contributed by atoms with E-state index in [0.29, 0.717) is 6.04 Å². The SMILES string of the molecule is Cc1cc(C)c2cc([C@H](c3nnnn3C3CCCC3)N3CCCC3)c(=O)[nH]c2c1. The monoisotopic (exact) mass is 392 g/mol. The second-order valence-electron chi connectivity index (χ2n) is 8.66. The molecule has 2 aliphatic rings. The van der Waals surface area contributed by atoms with Crippen LogP contribution in [0, 0.1) is 13.8 Å². The number of aromatic nitrogens is 5. The first-order chi connectivity index (χ1) is 14.1. The molecule has 1 aliphatic heterocycles. The number of aryl methyl sites for hydroxylation is 2. The lowest BCUT2D eigenvalue weighted by molar-refractivity contribution is 0.256. The van der Waals surface area contributed by atoms with Crippen molar-refractivity contribution in [3.63, 3.8) is 0 Å². The van der Waals surface area contributed by atoms with E-state index in [4.69, 9.17) is 0 Å². The molecule has 3 heterocycles. The van der Waals surface area contributed by atoms with Gasteiger partial charge in [0.25, 0.3) is 5.56 Å². The highest BCUT2D eigenvalue weighted by Crippen LogP contribution is 2.35. The predicted octanol–water partition coefficient (Wildman–Crippen LogP) is 3.43. The summed E-state index contributed by atoms with van der Waals surface area (Å²) in [6.07, 6.45) is 6.94. The van der Waals surface area contributed by atoms with Crippen LogP contribution >= 0.6 is 0 Å². The van der Waals surface area contributed by atoms with E-state index < -0.39 is 0 Å². The third kappa shape index (κ3) is 3.27. The number of hydrogen-bond acceptors (Lipinski definition) is 5. The molecule has 0 unspecified atom stereocenters. The van der Waals surface area contributed by atoms with Crippen molar-refractivity contribution in [2.75, 3.05) is 13.1 Å². The molecule has 1 atom stereocenters. The number of rotatable bonds is 4. The maximum absolute atomic E-state index is 13.2. The average molecular weight is 393 g/mol. The second-order valence-corrected chi connectivity index (χ2v) is 8.66. The molecule has 1 saturated heterocycles. The minimum Gasteiger partial charge on any atom is -0.322 e. The molecule has 1 aliphatic carbocycles. The van der Waals surface area contributed by atoms with Crippen molar-refractivity contribution in [1.29, 1.82) is 0 Å². The van der Waals surface area contributed by atoms with Crippen molar-refractivity contribution in [2.45, 2.75) is 64.5 Å². The van der Waals surface area contributed by atoms with Crippen LogP contribution in [0.2, 0.25) is 0 Å². The van der Waals surface area contributed by atoms with Gasteiger partial charge >= 0.3 is 0 Å². The van der Waals surface area contributed by atoms with E-state index in [-0.39, 0.29) is 11.6 Å². The maximum atomic E-state index is 13.2. The van der Waals surface area contributed by atoms with Gasteiger partial charge in [-0.3, -0.25) is 9.69 Å². The first kappa shape index (κ1) is 18.5. The van der Waals surface area contributed by atoms with Crippen LogP contribution in [0.3, 0.4) is 0 Å². The third-order valence-corrected chi connectivity index (χ3v) is 6.58. The molecule has 0 bridgehead atoms. The molecule has 7 nitrogen and oxygen atoms in total. The Morgan fingerprint density at radius 3 is 2.59 bits per heavy atom. The number of benzene rings is 1. The molecule has 3 aromatic rings. The van der Waals surface area contributed by atoms with Gasteiger partial charge in [0.15, 0.2) is 5.82 Å². The lowest BCUT2D eigenvalue weighted by atomic mass is 10.00. The quantitative estimate of drug-likeness (QED) is 0.736. The van der Waals surface area contributed by atoms with E-state index in [1.807, 2.05) is 10.7 Å². The Kier molecular flexibility index (Phi) is 4.70. The van der Waals surface area contributed by atoms with Crippen molar-refractivity contribution in [2.24, 2.45) is 0 Å². The molecule has 5 rings (SSSR count). The van der Waals surface area contributed by atoms with E-state index in [9.17, 15) is 4.79 Å². The Labute approximate surface area is 170 Å². The number of tetrazole rings is 1. The van der Waals surface area contributed by atoms with Gasteiger partial charge < -0.3 is 4.98 Å². The smallest absolute Gasteiger partial charge is 0.253 e. The van der Waals surface area contributed by atoms with Crippen LogP contribution in [0.15, 0.2) is 23.0 Å². The molecule has 2 fully saturated rings. The summed E-state index contributed by atoms with van der Waals surface area (Å²) in [7, 11) is 0. The fraction of sp³-hybridized carbons (Fsp3) is 0.545. The summed E-state index contributed by atoms with van der Waals surface area (Å²) >= 11 is 0. The Morgan fingerprint density at radius 1 is 1.07 bits per heavy atom. The highest BCUT2D eigenvalue weighted by molar-refractivity contribution is 5.83. The summed E-state index contributed by atoms with van der Waals surface area (Å²) in [5.41, 5.74) is 3.93. The molecule has 0 radical (unpaired) electrons. The van der Waals surface area contributed by atoms with Crippen LogP contribution in [0.1, 0.15) is 73.1 Å². The molecular weight excluding hydrogens is 364 g/mol.